The fraction of sp³-hybridized carbons (Fsp3) is 0.833. The first kappa shape index (κ1) is 14.5. The molecule has 1 rings (SSSR count). The third-order valence-corrected chi connectivity index (χ3v) is 3.43. The van der Waals surface area contributed by atoms with Gasteiger partial charge >= 0.3 is 0 Å². The number of rotatable bonds is 8. The Bertz CT molecular complexity index is 259. The number of carbonyl (C=O) groups is 1. The smallest absolute Gasteiger partial charge is 0.293 e. The van der Waals surface area contributed by atoms with Gasteiger partial charge in [0.15, 0.2) is 0 Å². The van der Waals surface area contributed by atoms with Crippen LogP contribution < -0.4 is 5.32 Å². The molecule has 0 aromatic carbocycles. The topological polar surface area (TPSA) is 41.6 Å². The van der Waals surface area contributed by atoms with Crippen molar-refractivity contribution < 1.29 is 9.53 Å². The van der Waals surface area contributed by atoms with Crippen molar-refractivity contribution in [1.82, 2.24) is 10.2 Å². The van der Waals surface area contributed by atoms with Crippen molar-refractivity contribution in [1.29, 1.82) is 0 Å². The van der Waals surface area contributed by atoms with Gasteiger partial charge in [0, 0.05) is 36.6 Å². The number of thiocarbonyl (C=S) groups is 1. The van der Waals surface area contributed by atoms with Gasteiger partial charge < -0.3 is 10.1 Å². The third kappa shape index (κ3) is 5.57. The van der Waals surface area contributed by atoms with Crippen molar-refractivity contribution in [3.8, 4) is 0 Å². The quantitative estimate of drug-likeness (QED) is 0.399. The molecular formula is C12H22N2O2S. The molecule has 1 aliphatic rings. The normalized spacial score (nSPS) is 20.2. The van der Waals surface area contributed by atoms with Gasteiger partial charge in [-0.25, -0.2) is 0 Å². The second-order valence-corrected chi connectivity index (χ2v) is 5.28. The lowest BCUT2D eigenvalue weighted by Gasteiger charge is -2.27. The highest BCUT2D eigenvalue weighted by Crippen LogP contribution is 2.09. The minimum atomic E-state index is 0.470. The molecule has 1 aliphatic heterocycles. The van der Waals surface area contributed by atoms with E-state index in [0.717, 1.165) is 37.3 Å². The molecule has 17 heavy (non-hydrogen) atoms. The molecule has 4 nitrogen and oxygen atoms in total. The largest absolute Gasteiger partial charge is 0.467 e. The molecule has 1 fully saturated rings. The summed E-state index contributed by atoms with van der Waals surface area (Å²) in [5.41, 5.74) is 0. The molecule has 0 amide bonds. The van der Waals surface area contributed by atoms with Crippen LogP contribution in [0.5, 0.6) is 0 Å². The fourth-order valence-corrected chi connectivity index (χ4v) is 2.33. The summed E-state index contributed by atoms with van der Waals surface area (Å²) < 4.78 is 4.74. The molecule has 1 unspecified atom stereocenters. The highest BCUT2D eigenvalue weighted by atomic mass is 32.1. The van der Waals surface area contributed by atoms with E-state index < -0.39 is 0 Å². The molecule has 1 saturated heterocycles. The van der Waals surface area contributed by atoms with Crippen molar-refractivity contribution in [3.63, 3.8) is 0 Å². The van der Waals surface area contributed by atoms with Crippen LogP contribution >= 0.6 is 12.2 Å². The summed E-state index contributed by atoms with van der Waals surface area (Å²) in [6.45, 7) is 8.00. The van der Waals surface area contributed by atoms with E-state index in [0.29, 0.717) is 25.2 Å². The molecule has 0 saturated carbocycles. The van der Waals surface area contributed by atoms with E-state index >= 15 is 0 Å². The van der Waals surface area contributed by atoms with Gasteiger partial charge in [0.2, 0.25) is 0 Å². The van der Waals surface area contributed by atoms with Gasteiger partial charge in [-0.2, -0.15) is 0 Å². The van der Waals surface area contributed by atoms with Crippen molar-refractivity contribution in [2.24, 2.45) is 0 Å². The van der Waals surface area contributed by atoms with E-state index in [-0.39, 0.29) is 0 Å². The second-order valence-electron chi connectivity index (χ2n) is 4.71. The highest BCUT2D eigenvalue weighted by Gasteiger charge is 2.19. The molecule has 5 heteroatoms. The standard InChI is InChI=1S/C12H22N2O2S/c1-10(2)14(5-6-16-9-15)4-3-11-7-12(17)8-13-11/h9-11,13H,3-8H2,1-2H3. The van der Waals surface area contributed by atoms with E-state index in [9.17, 15) is 4.79 Å². The van der Waals surface area contributed by atoms with Gasteiger partial charge in [-0.05, 0) is 26.7 Å². The van der Waals surface area contributed by atoms with Crippen LogP contribution in [0.3, 0.4) is 0 Å². The first-order valence-electron chi connectivity index (χ1n) is 6.18. The van der Waals surface area contributed by atoms with Crippen LogP contribution in [0, 0.1) is 0 Å². The van der Waals surface area contributed by atoms with E-state index in [4.69, 9.17) is 17.0 Å². The predicted molar refractivity (Wildman–Crippen MR) is 72.3 cm³/mol. The number of nitrogens with one attached hydrogen (secondary N) is 1. The monoisotopic (exact) mass is 258 g/mol. The maximum Gasteiger partial charge on any atom is 0.293 e. The number of hydrogen-bond donors (Lipinski definition) is 1. The molecule has 1 heterocycles. The Morgan fingerprint density at radius 1 is 1.59 bits per heavy atom. The van der Waals surface area contributed by atoms with Gasteiger partial charge in [-0.3, -0.25) is 9.69 Å². The van der Waals surface area contributed by atoms with Crippen LogP contribution in [0.4, 0.5) is 0 Å². The molecule has 98 valence electrons. The van der Waals surface area contributed by atoms with E-state index in [1.807, 2.05) is 0 Å². The molecule has 1 atom stereocenters. The predicted octanol–water partition coefficient (Wildman–Crippen LogP) is 0.992. The van der Waals surface area contributed by atoms with Crippen LogP contribution in [0.15, 0.2) is 0 Å². The lowest BCUT2D eigenvalue weighted by molar-refractivity contribution is -0.129. The zero-order valence-electron chi connectivity index (χ0n) is 10.6. The molecule has 1 N–H and O–H groups in total. The molecule has 0 radical (unpaired) electrons. The summed E-state index contributed by atoms with van der Waals surface area (Å²) >= 11 is 5.18. The van der Waals surface area contributed by atoms with Crippen molar-refractivity contribution in [3.05, 3.63) is 0 Å². The van der Waals surface area contributed by atoms with Crippen molar-refractivity contribution in [2.75, 3.05) is 26.2 Å². The lowest BCUT2D eigenvalue weighted by Crippen LogP contribution is -2.37. The van der Waals surface area contributed by atoms with Crippen LogP contribution in [0.25, 0.3) is 0 Å². The van der Waals surface area contributed by atoms with Gasteiger partial charge in [0.1, 0.15) is 6.61 Å². The van der Waals surface area contributed by atoms with Crippen LogP contribution in [-0.4, -0.2) is 54.6 Å². The Hall–Kier alpha value is -0.520. The first-order valence-corrected chi connectivity index (χ1v) is 6.58. The summed E-state index contributed by atoms with van der Waals surface area (Å²) in [4.78, 5) is 13.6. The van der Waals surface area contributed by atoms with Gasteiger partial charge in [0.05, 0.1) is 0 Å². The van der Waals surface area contributed by atoms with Crippen molar-refractivity contribution in [2.45, 2.75) is 38.8 Å². The van der Waals surface area contributed by atoms with Crippen LogP contribution in [0.2, 0.25) is 0 Å². The molecule has 0 aliphatic carbocycles. The fourth-order valence-electron chi connectivity index (χ4n) is 2.05. The molecular weight excluding hydrogens is 236 g/mol. The minimum absolute atomic E-state index is 0.470. The summed E-state index contributed by atoms with van der Waals surface area (Å²) in [7, 11) is 0. The Labute approximate surface area is 109 Å². The number of nitrogens with zero attached hydrogens (tertiary/aromatic N) is 1. The number of ether oxygens (including phenoxy) is 1. The average Bonchev–Trinajstić information content (AvgIpc) is 2.69. The summed E-state index contributed by atoms with van der Waals surface area (Å²) in [6.07, 6.45) is 2.12. The number of hydrogen-bond acceptors (Lipinski definition) is 5. The lowest BCUT2D eigenvalue weighted by atomic mass is 10.1. The second kappa shape index (κ2) is 7.74. The third-order valence-electron chi connectivity index (χ3n) is 3.12. The summed E-state index contributed by atoms with van der Waals surface area (Å²) in [5.74, 6) is 0. The van der Waals surface area contributed by atoms with Crippen molar-refractivity contribution >= 4 is 23.6 Å². The Kier molecular flexibility index (Phi) is 6.62. The molecule has 0 spiro atoms. The van der Waals surface area contributed by atoms with Crippen LogP contribution in [-0.2, 0) is 9.53 Å². The average molecular weight is 258 g/mol. The van der Waals surface area contributed by atoms with Crippen LogP contribution in [0.1, 0.15) is 26.7 Å². The zero-order chi connectivity index (χ0) is 12.7. The van der Waals surface area contributed by atoms with Gasteiger partial charge in [0.25, 0.3) is 6.47 Å². The zero-order valence-corrected chi connectivity index (χ0v) is 11.5. The van der Waals surface area contributed by atoms with E-state index in [1.54, 1.807) is 0 Å². The molecule has 0 aromatic heterocycles. The highest BCUT2D eigenvalue weighted by molar-refractivity contribution is 7.80. The SMILES string of the molecule is CC(C)N(CCOC=O)CCC1CC(=S)CN1. The number of carbonyl (C=O) groups excluding carboxylic acids is 1. The molecule has 0 aromatic rings. The molecule has 0 bridgehead atoms. The van der Waals surface area contributed by atoms with E-state index in [1.165, 1.54) is 0 Å². The maximum absolute atomic E-state index is 10.1. The Morgan fingerprint density at radius 3 is 2.88 bits per heavy atom. The summed E-state index contributed by atoms with van der Waals surface area (Å²) in [6, 6.07) is 0.995. The first-order chi connectivity index (χ1) is 8.13. The van der Waals surface area contributed by atoms with Gasteiger partial charge in [-0.1, -0.05) is 12.2 Å². The maximum atomic E-state index is 10.1. The summed E-state index contributed by atoms with van der Waals surface area (Å²) in [5, 5.41) is 3.41. The Morgan fingerprint density at radius 2 is 2.35 bits per heavy atom. The van der Waals surface area contributed by atoms with Gasteiger partial charge in [-0.15, -0.1) is 0 Å². The Balaban J connectivity index is 2.23. The minimum Gasteiger partial charge on any atom is -0.467 e. The van der Waals surface area contributed by atoms with E-state index in [2.05, 4.69) is 24.1 Å².